The summed E-state index contributed by atoms with van der Waals surface area (Å²) in [5.74, 6) is -0.0328. The van der Waals surface area contributed by atoms with Gasteiger partial charge in [0.05, 0.1) is 29.3 Å². The van der Waals surface area contributed by atoms with Crippen LogP contribution in [0.15, 0.2) is 30.7 Å². The Kier molecular flexibility index (Phi) is 5.31. The van der Waals surface area contributed by atoms with E-state index in [1.165, 1.54) is 17.6 Å². The highest BCUT2D eigenvalue weighted by Gasteiger charge is 2.45. The van der Waals surface area contributed by atoms with Gasteiger partial charge in [0.25, 0.3) is 5.91 Å². The Morgan fingerprint density at radius 3 is 2.49 bits per heavy atom. The molecule has 6 heterocycles. The van der Waals surface area contributed by atoms with Gasteiger partial charge in [-0.15, -0.1) is 5.10 Å². The quantitative estimate of drug-likeness (QED) is 0.330. The number of ketones is 1. The zero-order valence-corrected chi connectivity index (χ0v) is 21.5. The highest BCUT2D eigenvalue weighted by atomic mass is 16.3. The average molecular weight is 528 g/mol. The van der Waals surface area contributed by atoms with Gasteiger partial charge in [-0.2, -0.15) is 9.61 Å². The molecular weight excluding hydrogens is 498 g/mol. The molecule has 4 aromatic rings. The van der Waals surface area contributed by atoms with Gasteiger partial charge < -0.3 is 15.7 Å². The second kappa shape index (κ2) is 8.67. The van der Waals surface area contributed by atoms with E-state index < -0.39 is 5.60 Å². The van der Waals surface area contributed by atoms with Crippen LogP contribution in [0.4, 0.5) is 5.82 Å². The van der Waals surface area contributed by atoms with Gasteiger partial charge in [-0.3, -0.25) is 19.7 Å². The zero-order chi connectivity index (χ0) is 26.9. The lowest BCUT2D eigenvalue weighted by Gasteiger charge is -2.39. The van der Waals surface area contributed by atoms with Gasteiger partial charge >= 0.3 is 0 Å². The first-order chi connectivity index (χ1) is 18.8. The van der Waals surface area contributed by atoms with Gasteiger partial charge in [0, 0.05) is 35.3 Å². The van der Waals surface area contributed by atoms with Crippen LogP contribution in [0.3, 0.4) is 0 Å². The van der Waals surface area contributed by atoms with E-state index in [4.69, 9.17) is 10.7 Å². The predicted molar refractivity (Wildman–Crippen MR) is 140 cm³/mol. The van der Waals surface area contributed by atoms with Gasteiger partial charge in [0.15, 0.2) is 11.4 Å². The number of piperidine rings is 1. The summed E-state index contributed by atoms with van der Waals surface area (Å²) in [4.78, 5) is 37.5. The molecule has 0 spiro atoms. The van der Waals surface area contributed by atoms with Crippen molar-refractivity contribution in [1.82, 2.24) is 39.9 Å². The van der Waals surface area contributed by atoms with Gasteiger partial charge in [-0.25, -0.2) is 4.98 Å². The van der Waals surface area contributed by atoms with Gasteiger partial charge in [-0.05, 0) is 57.9 Å². The number of pyridine rings is 1. The van der Waals surface area contributed by atoms with Crippen LogP contribution in [0, 0.1) is 0 Å². The van der Waals surface area contributed by atoms with E-state index >= 15 is 0 Å². The zero-order valence-electron chi connectivity index (χ0n) is 21.5. The lowest BCUT2D eigenvalue weighted by molar-refractivity contribution is -0.0426. The summed E-state index contributed by atoms with van der Waals surface area (Å²) in [5, 5.41) is 25.2. The molecule has 2 bridgehead atoms. The number of nitrogens with one attached hydrogen (secondary N) is 1. The summed E-state index contributed by atoms with van der Waals surface area (Å²) < 4.78 is 1.52. The lowest BCUT2D eigenvalue weighted by atomic mass is 9.77. The highest BCUT2D eigenvalue weighted by Crippen LogP contribution is 2.45. The lowest BCUT2D eigenvalue weighted by Crippen LogP contribution is -2.46. The Hall–Kier alpha value is -4.19. The second-order valence-electron chi connectivity index (χ2n) is 11.1. The molecule has 1 amide bonds. The SMILES string of the molecule is CC(=O)c1c([C@H]2C[C@H]3CC[C@@H](C2)N3C(=O)c2cnn[nH]2)nc2c(-c3ccc(C4(O)CCC4)nc3)cnn2c1N. The highest BCUT2D eigenvalue weighted by molar-refractivity contribution is 6.00. The number of nitrogens with zero attached hydrogens (tertiary/aromatic N) is 7. The monoisotopic (exact) mass is 527 g/mol. The minimum Gasteiger partial charge on any atom is -0.384 e. The molecular formula is C27H29N9O3. The van der Waals surface area contributed by atoms with Gasteiger partial charge in [-0.1, -0.05) is 11.3 Å². The van der Waals surface area contributed by atoms with Crippen LogP contribution in [-0.2, 0) is 5.60 Å². The molecule has 39 heavy (non-hydrogen) atoms. The van der Waals surface area contributed by atoms with Crippen LogP contribution in [0.25, 0.3) is 16.8 Å². The summed E-state index contributed by atoms with van der Waals surface area (Å²) in [6, 6.07) is 3.83. The number of fused-ring (bicyclic) bond motifs is 3. The molecule has 0 unspecified atom stereocenters. The molecule has 7 rings (SSSR count). The van der Waals surface area contributed by atoms with Gasteiger partial charge in [0.2, 0.25) is 0 Å². The third kappa shape index (κ3) is 3.65. The number of H-pyrrole nitrogens is 1. The Labute approximate surface area is 223 Å². The van der Waals surface area contributed by atoms with E-state index in [1.807, 2.05) is 17.0 Å². The van der Waals surface area contributed by atoms with E-state index in [0.717, 1.165) is 43.2 Å². The standard InChI is InChI=1S/C27H29N9O3/c1-14(37)22-23(16-9-17-4-5-18(10-16)35(17)26(38)20-13-30-34-33-20)32-25-19(12-31-36(25)24(22)28)15-3-6-21(29-11-15)27(39)7-2-8-27/h3,6,11-13,16-18,39H,2,4-5,7-10,28H2,1H3,(H,30,33,34)/t16-,17+,18-. The number of aromatic amines is 1. The Morgan fingerprint density at radius 2 is 1.90 bits per heavy atom. The maximum atomic E-state index is 13.1. The largest absolute Gasteiger partial charge is 0.384 e. The number of anilines is 1. The number of amides is 1. The fourth-order valence-electron chi connectivity index (χ4n) is 6.66. The van der Waals surface area contributed by atoms with Crippen molar-refractivity contribution in [3.8, 4) is 11.1 Å². The number of carbonyl (C=O) groups is 2. The molecule has 1 saturated carbocycles. The molecule has 0 aromatic carbocycles. The maximum absolute atomic E-state index is 13.1. The first kappa shape index (κ1) is 23.9. The van der Waals surface area contributed by atoms with Crippen LogP contribution in [-0.4, -0.2) is 68.8 Å². The van der Waals surface area contributed by atoms with Crippen molar-refractivity contribution in [2.45, 2.75) is 75.5 Å². The van der Waals surface area contributed by atoms with Gasteiger partial charge in [0.1, 0.15) is 17.1 Å². The minimum absolute atomic E-state index is 0.0297. The molecule has 4 N–H and O–H groups in total. The molecule has 1 aliphatic carbocycles. The normalized spacial score (nSPS) is 23.6. The Balaban J connectivity index is 1.26. The number of hydrogen-bond donors (Lipinski definition) is 3. The van der Waals surface area contributed by atoms with Crippen molar-refractivity contribution in [2.75, 3.05) is 5.73 Å². The maximum Gasteiger partial charge on any atom is 0.274 e. The Morgan fingerprint density at radius 1 is 1.13 bits per heavy atom. The number of hydrogen-bond acceptors (Lipinski definition) is 9. The van der Waals surface area contributed by atoms with E-state index in [0.29, 0.717) is 41.1 Å². The summed E-state index contributed by atoms with van der Waals surface area (Å²) in [5.41, 5.74) is 9.93. The summed E-state index contributed by atoms with van der Waals surface area (Å²) in [7, 11) is 0. The topological polar surface area (TPSA) is 168 Å². The molecule has 200 valence electrons. The van der Waals surface area contributed by atoms with Crippen LogP contribution >= 0.6 is 0 Å². The number of carbonyl (C=O) groups excluding carboxylic acids is 2. The fourth-order valence-corrected chi connectivity index (χ4v) is 6.66. The van der Waals surface area contributed by atoms with E-state index in [1.54, 1.807) is 12.4 Å². The molecule has 3 aliphatic rings. The van der Waals surface area contributed by atoms with Crippen LogP contribution in [0.1, 0.15) is 90.0 Å². The molecule has 12 heteroatoms. The predicted octanol–water partition coefficient (Wildman–Crippen LogP) is 2.62. The number of aliphatic hydroxyl groups is 1. The molecule has 3 fully saturated rings. The number of nitrogens with two attached hydrogens (primary N) is 1. The average Bonchev–Trinajstić information content (AvgIpc) is 3.65. The molecule has 4 aromatic heterocycles. The third-order valence-corrected chi connectivity index (χ3v) is 8.79. The molecule has 2 aliphatic heterocycles. The minimum atomic E-state index is -0.838. The number of nitrogen functional groups attached to an aromatic ring is 1. The van der Waals surface area contributed by atoms with Crippen molar-refractivity contribution in [3.63, 3.8) is 0 Å². The van der Waals surface area contributed by atoms with Crippen LogP contribution < -0.4 is 5.73 Å². The first-order valence-electron chi connectivity index (χ1n) is 13.4. The van der Waals surface area contributed by atoms with Crippen molar-refractivity contribution in [1.29, 1.82) is 0 Å². The molecule has 0 radical (unpaired) electrons. The first-order valence-corrected chi connectivity index (χ1v) is 13.4. The van der Waals surface area contributed by atoms with E-state index in [2.05, 4.69) is 25.5 Å². The van der Waals surface area contributed by atoms with Crippen LogP contribution in [0.5, 0.6) is 0 Å². The smallest absolute Gasteiger partial charge is 0.274 e. The Bertz CT molecular complexity index is 1580. The van der Waals surface area contributed by atoms with Crippen LogP contribution in [0.2, 0.25) is 0 Å². The molecule has 3 atom stereocenters. The fraction of sp³-hybridized carbons (Fsp3) is 0.444. The third-order valence-electron chi connectivity index (χ3n) is 8.79. The molecule has 2 saturated heterocycles. The van der Waals surface area contributed by atoms with Crippen molar-refractivity contribution in [2.24, 2.45) is 0 Å². The van der Waals surface area contributed by atoms with Crippen molar-refractivity contribution >= 4 is 23.2 Å². The van der Waals surface area contributed by atoms with E-state index in [9.17, 15) is 14.7 Å². The number of Topliss-reactive ketones (excluding diaryl/α,β-unsaturated/α-hetero) is 1. The summed E-state index contributed by atoms with van der Waals surface area (Å²) in [6.07, 6.45) is 10.5. The molecule has 12 nitrogen and oxygen atoms in total. The van der Waals surface area contributed by atoms with Crippen molar-refractivity contribution < 1.29 is 14.7 Å². The summed E-state index contributed by atoms with van der Waals surface area (Å²) >= 11 is 0. The van der Waals surface area contributed by atoms with E-state index in [-0.39, 0.29) is 35.5 Å². The number of aromatic nitrogens is 7. The number of rotatable bonds is 5. The van der Waals surface area contributed by atoms with Crippen molar-refractivity contribution in [3.05, 3.63) is 53.4 Å². The second-order valence-corrected chi connectivity index (χ2v) is 11.1. The summed E-state index contributed by atoms with van der Waals surface area (Å²) in [6.45, 7) is 1.50.